The molecule has 254 valence electrons. The molecule has 0 saturated carbocycles. The molecule has 0 N–H and O–H groups in total. The molecule has 0 bridgehead atoms. The van der Waals surface area contributed by atoms with Crippen molar-refractivity contribution in [3.8, 4) is 50.6 Å². The van der Waals surface area contributed by atoms with Gasteiger partial charge in [-0.3, -0.25) is 0 Å². The van der Waals surface area contributed by atoms with Crippen molar-refractivity contribution < 1.29 is 0 Å². The predicted octanol–water partition coefficient (Wildman–Crippen LogP) is 14.2. The third-order valence-electron chi connectivity index (χ3n) is 11.3. The molecule has 0 saturated heterocycles. The van der Waals surface area contributed by atoms with Crippen LogP contribution in [0.3, 0.4) is 0 Å². The Morgan fingerprint density at radius 2 is 0.745 bits per heavy atom. The van der Waals surface area contributed by atoms with Gasteiger partial charge in [-0.25, -0.2) is 0 Å². The normalized spacial score (nSPS) is 11.6. The maximum absolute atomic E-state index is 10.1. The summed E-state index contributed by atoms with van der Waals surface area (Å²) in [4.78, 5) is 0. The molecule has 1 nitrogen and oxygen atoms in total. The molecule has 0 aliphatic carbocycles. The van der Waals surface area contributed by atoms with E-state index in [-0.39, 0.29) is 14.5 Å². The summed E-state index contributed by atoms with van der Waals surface area (Å²) in [5.74, 6) is 0. The summed E-state index contributed by atoms with van der Waals surface area (Å²) < 4.78 is 2.84. The molecule has 0 fully saturated rings. The average molecular weight is 761 g/mol. The first-order chi connectivity index (χ1) is 27.3. The Kier molecular flexibility index (Phi) is 7.32. The van der Waals surface area contributed by atoms with Crippen molar-refractivity contribution in [1.82, 2.24) is 0 Å². The second-order valence-electron chi connectivity index (χ2n) is 14.2. The number of hydrogen-bond acceptors (Lipinski definition) is 1. The minimum absolute atomic E-state index is 0.178. The van der Waals surface area contributed by atoms with Crippen LogP contribution in [0.15, 0.2) is 188 Å². The first-order valence-corrected chi connectivity index (χ1v) is 20.4. The standard InChI is InChI=1S/C53H31NSe/c54-32-36-16-4-5-17-37(36)53-45-24-12-10-22-43(45)52(44-23-11-13-25-46(44)53)35-26-28-38-47-30-34(27-29-48(47)55-49(38)31-35)51-41-20-8-6-18-39(41)50(33-14-2-1-3-15-33)40-19-7-9-21-42(40)51/h1-31H. The van der Waals surface area contributed by atoms with Gasteiger partial charge in [0, 0.05) is 0 Å². The molecule has 11 rings (SSSR count). The van der Waals surface area contributed by atoms with Gasteiger partial charge < -0.3 is 0 Å². The van der Waals surface area contributed by atoms with Gasteiger partial charge in [-0.2, -0.15) is 0 Å². The summed E-state index contributed by atoms with van der Waals surface area (Å²) in [6.07, 6.45) is 0. The van der Waals surface area contributed by atoms with Crippen LogP contribution in [-0.4, -0.2) is 14.5 Å². The molecule has 0 aliphatic rings. The molecule has 0 amide bonds. The zero-order valence-corrected chi connectivity index (χ0v) is 31.5. The van der Waals surface area contributed by atoms with Gasteiger partial charge in [0.15, 0.2) is 0 Å². The number of benzene rings is 10. The van der Waals surface area contributed by atoms with Crippen LogP contribution in [-0.2, 0) is 0 Å². The Balaban J connectivity index is 1.13. The molecule has 0 radical (unpaired) electrons. The fourth-order valence-electron chi connectivity index (χ4n) is 8.97. The summed E-state index contributed by atoms with van der Waals surface area (Å²) in [5.41, 5.74) is 10.3. The molecule has 10 aromatic carbocycles. The van der Waals surface area contributed by atoms with E-state index in [1.54, 1.807) is 0 Å². The molecule has 0 aliphatic heterocycles. The number of nitrogens with zero attached hydrogens (tertiary/aromatic N) is 1. The molecule has 1 heterocycles. The van der Waals surface area contributed by atoms with Crippen LogP contribution in [0.2, 0.25) is 0 Å². The summed E-state index contributed by atoms with van der Waals surface area (Å²) in [6, 6.07) is 70.8. The van der Waals surface area contributed by atoms with Gasteiger partial charge in [0.05, 0.1) is 0 Å². The Labute approximate surface area is 324 Å². The van der Waals surface area contributed by atoms with E-state index in [4.69, 9.17) is 0 Å². The maximum atomic E-state index is 10.1. The third kappa shape index (κ3) is 4.92. The Bertz CT molecular complexity index is 3270. The molecule has 0 unspecified atom stereocenters. The Morgan fingerprint density at radius 1 is 0.309 bits per heavy atom. The van der Waals surface area contributed by atoms with Crippen LogP contribution in [0.1, 0.15) is 5.56 Å². The third-order valence-corrected chi connectivity index (χ3v) is 13.7. The van der Waals surface area contributed by atoms with Crippen LogP contribution in [0.5, 0.6) is 0 Å². The Hall–Kier alpha value is -6.75. The van der Waals surface area contributed by atoms with Crippen molar-refractivity contribution in [2.45, 2.75) is 0 Å². The van der Waals surface area contributed by atoms with Crippen molar-refractivity contribution in [3.05, 3.63) is 194 Å². The summed E-state index contributed by atoms with van der Waals surface area (Å²) in [6.45, 7) is 0. The Morgan fingerprint density at radius 3 is 1.29 bits per heavy atom. The van der Waals surface area contributed by atoms with E-state index in [0.29, 0.717) is 5.56 Å². The van der Waals surface area contributed by atoms with Crippen LogP contribution in [0.4, 0.5) is 0 Å². The van der Waals surface area contributed by atoms with E-state index in [9.17, 15) is 5.26 Å². The average Bonchev–Trinajstić information content (AvgIpc) is 3.62. The topological polar surface area (TPSA) is 23.8 Å². The van der Waals surface area contributed by atoms with Crippen LogP contribution < -0.4 is 0 Å². The zero-order valence-electron chi connectivity index (χ0n) is 29.8. The first-order valence-electron chi connectivity index (χ1n) is 18.7. The van der Waals surface area contributed by atoms with Crippen LogP contribution >= 0.6 is 0 Å². The van der Waals surface area contributed by atoms with Gasteiger partial charge in [0.25, 0.3) is 0 Å². The first kappa shape index (κ1) is 31.7. The van der Waals surface area contributed by atoms with E-state index in [1.165, 1.54) is 85.0 Å². The second-order valence-corrected chi connectivity index (χ2v) is 16.5. The zero-order chi connectivity index (χ0) is 36.5. The molecule has 11 aromatic rings. The second kappa shape index (κ2) is 12.7. The molecule has 2 heteroatoms. The molecule has 0 spiro atoms. The van der Waals surface area contributed by atoms with Crippen LogP contribution in [0.25, 0.3) is 107 Å². The SMILES string of the molecule is N#Cc1ccccc1-c1c2ccccc2c(-c2ccc3c(c2)[se]c2ccc(-c4c5ccccc5c(-c5ccccc5)c5ccccc45)cc23)c2ccccc12. The number of fused-ring (bicyclic) bond motifs is 7. The van der Waals surface area contributed by atoms with E-state index in [0.717, 1.165) is 21.9 Å². The van der Waals surface area contributed by atoms with Gasteiger partial charge in [0.1, 0.15) is 0 Å². The molecular weight excluding hydrogens is 730 g/mol. The van der Waals surface area contributed by atoms with E-state index in [2.05, 4.69) is 176 Å². The van der Waals surface area contributed by atoms with Crippen molar-refractivity contribution in [2.75, 3.05) is 0 Å². The summed E-state index contributed by atoms with van der Waals surface area (Å²) in [7, 11) is 0. The summed E-state index contributed by atoms with van der Waals surface area (Å²) in [5, 5.41) is 22.6. The monoisotopic (exact) mass is 761 g/mol. The van der Waals surface area contributed by atoms with Crippen LogP contribution in [0, 0.1) is 11.3 Å². The summed E-state index contributed by atoms with van der Waals surface area (Å²) >= 11 is 0.178. The van der Waals surface area contributed by atoms with Gasteiger partial charge >= 0.3 is 326 Å². The number of nitriles is 1. The quantitative estimate of drug-likeness (QED) is 0.129. The van der Waals surface area contributed by atoms with Gasteiger partial charge in [-0.1, -0.05) is 0 Å². The molecular formula is C53H31NSe. The fraction of sp³-hybridized carbons (Fsp3) is 0. The molecule has 55 heavy (non-hydrogen) atoms. The predicted molar refractivity (Wildman–Crippen MR) is 235 cm³/mol. The van der Waals surface area contributed by atoms with Crippen molar-refractivity contribution in [3.63, 3.8) is 0 Å². The van der Waals surface area contributed by atoms with E-state index >= 15 is 0 Å². The van der Waals surface area contributed by atoms with Crippen molar-refractivity contribution in [1.29, 1.82) is 5.26 Å². The van der Waals surface area contributed by atoms with E-state index in [1.807, 2.05) is 18.2 Å². The minimum atomic E-state index is 0.178. The van der Waals surface area contributed by atoms with Crippen molar-refractivity contribution in [2.24, 2.45) is 0 Å². The molecule has 0 atom stereocenters. The number of hydrogen-bond donors (Lipinski definition) is 0. The van der Waals surface area contributed by atoms with Crippen molar-refractivity contribution >= 4 is 76.9 Å². The van der Waals surface area contributed by atoms with Gasteiger partial charge in [-0.05, 0) is 0 Å². The van der Waals surface area contributed by atoms with E-state index < -0.39 is 0 Å². The van der Waals surface area contributed by atoms with Gasteiger partial charge in [-0.15, -0.1) is 0 Å². The van der Waals surface area contributed by atoms with Gasteiger partial charge in [0.2, 0.25) is 0 Å². The fourth-order valence-corrected chi connectivity index (χ4v) is 11.3. The molecule has 1 aromatic heterocycles. The number of rotatable bonds is 4.